The van der Waals surface area contributed by atoms with Crippen LogP contribution in [-0.2, 0) is 32.0 Å². The Morgan fingerprint density at radius 2 is 1.75 bits per heavy atom. The van der Waals surface area contributed by atoms with E-state index in [-0.39, 0.29) is 12.3 Å². The van der Waals surface area contributed by atoms with Gasteiger partial charge in [0.2, 0.25) is 0 Å². The molecule has 7 heteroatoms. The highest BCUT2D eigenvalue weighted by atomic mass is 16.5. The minimum Gasteiger partial charge on any atom is -0.492 e. The molecule has 0 fully saturated rings. The molecule has 0 amide bonds. The Labute approximate surface area is 164 Å². The molecule has 2 aromatic rings. The van der Waals surface area contributed by atoms with Crippen LogP contribution in [0.25, 0.3) is 0 Å². The lowest BCUT2D eigenvalue weighted by molar-refractivity contribution is -0.139. The van der Waals surface area contributed by atoms with Crippen LogP contribution in [-0.4, -0.2) is 42.3 Å². The maximum Gasteiger partial charge on any atom is 0.334 e. The van der Waals surface area contributed by atoms with Crippen molar-refractivity contribution in [1.29, 1.82) is 0 Å². The minimum atomic E-state index is -0.533. The van der Waals surface area contributed by atoms with E-state index in [0.717, 1.165) is 11.3 Å². The van der Waals surface area contributed by atoms with Crippen LogP contribution in [0, 0.1) is 5.92 Å². The van der Waals surface area contributed by atoms with Crippen LogP contribution in [0.3, 0.4) is 0 Å². The van der Waals surface area contributed by atoms with E-state index in [2.05, 4.69) is 4.98 Å². The second-order valence-corrected chi connectivity index (χ2v) is 6.50. The van der Waals surface area contributed by atoms with Crippen LogP contribution < -0.4 is 4.74 Å². The molecule has 1 aromatic heterocycles. The number of methoxy groups -OCH3 is 2. The summed E-state index contributed by atoms with van der Waals surface area (Å²) in [5.74, 6) is -0.499. The number of imidazole rings is 1. The normalized spacial score (nSPS) is 11.8. The number of carbonyl (C=O) groups excluding carboxylic acids is 2. The Bertz CT molecular complexity index is 808. The molecule has 150 valence electrons. The number of ether oxygens (including phenoxy) is 3. The molecular formula is C21H26N2O5. The molecule has 2 rings (SSSR count). The number of rotatable bonds is 9. The summed E-state index contributed by atoms with van der Waals surface area (Å²) < 4.78 is 17.4. The van der Waals surface area contributed by atoms with E-state index in [1.807, 2.05) is 48.9 Å². The molecular weight excluding hydrogens is 360 g/mol. The predicted molar refractivity (Wildman–Crippen MR) is 104 cm³/mol. The van der Waals surface area contributed by atoms with Crippen molar-refractivity contribution in [1.82, 2.24) is 9.55 Å². The summed E-state index contributed by atoms with van der Waals surface area (Å²) in [5, 5.41) is 0. The molecule has 0 bridgehead atoms. The van der Waals surface area contributed by atoms with Crippen molar-refractivity contribution in [3.05, 3.63) is 59.7 Å². The van der Waals surface area contributed by atoms with E-state index in [9.17, 15) is 9.59 Å². The largest absolute Gasteiger partial charge is 0.492 e. The lowest BCUT2D eigenvalue weighted by Gasteiger charge is -2.15. The van der Waals surface area contributed by atoms with Crippen molar-refractivity contribution in [2.24, 2.45) is 5.92 Å². The summed E-state index contributed by atoms with van der Waals surface area (Å²) >= 11 is 0. The van der Waals surface area contributed by atoms with Gasteiger partial charge in [-0.05, 0) is 23.6 Å². The van der Waals surface area contributed by atoms with Crippen LogP contribution in [0.1, 0.15) is 19.4 Å². The van der Waals surface area contributed by atoms with Gasteiger partial charge in [0.25, 0.3) is 0 Å². The first kappa shape index (κ1) is 21.2. The van der Waals surface area contributed by atoms with Crippen molar-refractivity contribution in [2.75, 3.05) is 20.8 Å². The Morgan fingerprint density at radius 3 is 2.29 bits per heavy atom. The summed E-state index contributed by atoms with van der Waals surface area (Å²) in [5.41, 5.74) is 1.50. The van der Waals surface area contributed by atoms with Gasteiger partial charge in [-0.15, -0.1) is 0 Å². The summed E-state index contributed by atoms with van der Waals surface area (Å²) in [4.78, 5) is 28.4. The van der Waals surface area contributed by atoms with Crippen LogP contribution in [0.15, 0.2) is 54.1 Å². The summed E-state index contributed by atoms with van der Waals surface area (Å²) in [6.45, 7) is 4.90. The smallest absolute Gasteiger partial charge is 0.334 e. The van der Waals surface area contributed by atoms with Gasteiger partial charge in [-0.2, -0.15) is 0 Å². The molecule has 0 saturated heterocycles. The average Bonchev–Trinajstić information content (AvgIpc) is 3.21. The van der Waals surface area contributed by atoms with Crippen molar-refractivity contribution in [3.63, 3.8) is 0 Å². The Hall–Kier alpha value is -3.09. The fourth-order valence-corrected chi connectivity index (χ4v) is 2.81. The molecule has 1 aromatic carbocycles. The van der Waals surface area contributed by atoms with Crippen LogP contribution in [0.2, 0.25) is 0 Å². The molecule has 1 heterocycles. The Kier molecular flexibility index (Phi) is 7.80. The molecule has 0 spiro atoms. The van der Waals surface area contributed by atoms with Crippen molar-refractivity contribution < 1.29 is 23.8 Å². The molecule has 7 nitrogen and oxygen atoms in total. The minimum absolute atomic E-state index is 0.174. The van der Waals surface area contributed by atoms with Crippen molar-refractivity contribution >= 4 is 11.9 Å². The lowest BCUT2D eigenvalue weighted by atomic mass is 9.93. The highest BCUT2D eigenvalue weighted by molar-refractivity contribution is 6.00. The zero-order valence-electron chi connectivity index (χ0n) is 16.7. The van der Waals surface area contributed by atoms with Gasteiger partial charge in [0.05, 0.1) is 38.2 Å². The fourth-order valence-electron chi connectivity index (χ4n) is 2.81. The van der Waals surface area contributed by atoms with Crippen molar-refractivity contribution in [2.45, 2.75) is 26.8 Å². The standard InChI is InChI=1S/C21H26N2O5/c1-15(2)19(21(25)27-4)18(20(24)26-3)13-16-5-7-17(8-6-16)28-12-11-23-10-9-22-14-23/h5-10,14-15H,11-13H2,1-4H3/b19-18-. The number of esters is 2. The van der Waals surface area contributed by atoms with Gasteiger partial charge in [0, 0.05) is 18.8 Å². The third-order valence-corrected chi connectivity index (χ3v) is 4.22. The lowest BCUT2D eigenvalue weighted by Crippen LogP contribution is -2.20. The number of hydrogen-bond acceptors (Lipinski definition) is 6. The van der Waals surface area contributed by atoms with Crippen LogP contribution in [0.4, 0.5) is 0 Å². The Morgan fingerprint density at radius 1 is 1.07 bits per heavy atom. The zero-order chi connectivity index (χ0) is 20.5. The summed E-state index contributed by atoms with van der Waals surface area (Å²) in [6.07, 6.45) is 5.60. The topological polar surface area (TPSA) is 79.7 Å². The van der Waals surface area contributed by atoms with Gasteiger partial charge in [-0.3, -0.25) is 0 Å². The molecule has 0 aliphatic rings. The van der Waals surface area contributed by atoms with E-state index in [4.69, 9.17) is 14.2 Å². The van der Waals surface area contributed by atoms with E-state index in [0.29, 0.717) is 24.3 Å². The van der Waals surface area contributed by atoms with E-state index >= 15 is 0 Å². The first-order valence-electron chi connectivity index (χ1n) is 9.03. The maximum absolute atomic E-state index is 12.3. The SMILES string of the molecule is COC(=O)/C(Cc1ccc(OCCn2ccnc2)cc1)=C(\C(=O)OC)C(C)C. The highest BCUT2D eigenvalue weighted by Gasteiger charge is 2.25. The van der Waals surface area contributed by atoms with Gasteiger partial charge in [0.1, 0.15) is 12.4 Å². The molecule has 28 heavy (non-hydrogen) atoms. The van der Waals surface area contributed by atoms with E-state index in [1.165, 1.54) is 14.2 Å². The number of benzene rings is 1. The first-order chi connectivity index (χ1) is 13.5. The third-order valence-electron chi connectivity index (χ3n) is 4.22. The fraction of sp³-hybridized carbons (Fsp3) is 0.381. The molecule has 0 radical (unpaired) electrons. The van der Waals surface area contributed by atoms with E-state index in [1.54, 1.807) is 12.5 Å². The van der Waals surface area contributed by atoms with Gasteiger partial charge in [-0.25, -0.2) is 14.6 Å². The van der Waals surface area contributed by atoms with Crippen LogP contribution >= 0.6 is 0 Å². The zero-order valence-corrected chi connectivity index (χ0v) is 16.7. The maximum atomic E-state index is 12.3. The van der Waals surface area contributed by atoms with Gasteiger partial charge in [0.15, 0.2) is 0 Å². The number of nitrogens with zero attached hydrogens (tertiary/aromatic N) is 2. The third kappa shape index (κ3) is 5.70. The second kappa shape index (κ2) is 10.3. The van der Waals surface area contributed by atoms with Gasteiger partial charge < -0.3 is 18.8 Å². The molecule has 0 aliphatic heterocycles. The number of hydrogen-bond donors (Lipinski definition) is 0. The molecule has 0 saturated carbocycles. The summed E-state index contributed by atoms with van der Waals surface area (Å²) in [6, 6.07) is 7.41. The highest BCUT2D eigenvalue weighted by Crippen LogP contribution is 2.23. The van der Waals surface area contributed by atoms with Crippen molar-refractivity contribution in [3.8, 4) is 5.75 Å². The quantitative estimate of drug-likeness (QED) is 0.487. The molecule has 0 atom stereocenters. The van der Waals surface area contributed by atoms with Crippen LogP contribution in [0.5, 0.6) is 5.75 Å². The monoisotopic (exact) mass is 386 g/mol. The Balaban J connectivity index is 2.11. The average molecular weight is 386 g/mol. The molecule has 0 N–H and O–H groups in total. The van der Waals surface area contributed by atoms with Gasteiger partial charge >= 0.3 is 11.9 Å². The number of carbonyl (C=O) groups is 2. The second-order valence-electron chi connectivity index (χ2n) is 6.50. The van der Waals surface area contributed by atoms with Gasteiger partial charge in [-0.1, -0.05) is 26.0 Å². The summed E-state index contributed by atoms with van der Waals surface area (Å²) in [7, 11) is 2.60. The van der Waals surface area contributed by atoms with E-state index < -0.39 is 11.9 Å². The first-order valence-corrected chi connectivity index (χ1v) is 9.03. The molecule has 0 unspecified atom stereocenters. The molecule has 0 aliphatic carbocycles. The predicted octanol–water partition coefficient (Wildman–Crippen LogP) is 2.80. The number of aromatic nitrogens is 2.